The molecule has 0 aromatic carbocycles. The van der Waals surface area contributed by atoms with Crippen molar-refractivity contribution in [1.29, 1.82) is 0 Å². The van der Waals surface area contributed by atoms with Crippen molar-refractivity contribution in [3.05, 3.63) is 0 Å². The van der Waals surface area contributed by atoms with Gasteiger partial charge in [0.25, 0.3) is 0 Å². The van der Waals surface area contributed by atoms with Crippen molar-refractivity contribution in [3.63, 3.8) is 0 Å². The Labute approximate surface area is 70.2 Å². The number of halogens is 1. The van der Waals surface area contributed by atoms with Gasteiger partial charge in [0.15, 0.2) is 6.10 Å². The highest BCUT2D eigenvalue weighted by Gasteiger charge is 2.62. The standard InChI is InChI=1S/C8H13FO3/c1-7(2,9)8(3-4-8)5(10)6(11)12/h5,10H,3-4H2,1-2H3,(H,11,12). The number of hydrogen-bond acceptors (Lipinski definition) is 2. The van der Waals surface area contributed by atoms with Gasteiger partial charge < -0.3 is 10.2 Å². The van der Waals surface area contributed by atoms with Gasteiger partial charge in [0, 0.05) is 5.41 Å². The van der Waals surface area contributed by atoms with E-state index in [1.165, 1.54) is 13.8 Å². The largest absolute Gasteiger partial charge is 0.479 e. The lowest BCUT2D eigenvalue weighted by atomic mass is 9.84. The predicted octanol–water partition coefficient (Wildman–Crippen LogP) is 0.960. The smallest absolute Gasteiger partial charge is 0.333 e. The summed E-state index contributed by atoms with van der Waals surface area (Å²) in [6.07, 6.45) is -0.675. The molecule has 4 heteroatoms. The van der Waals surface area contributed by atoms with E-state index in [9.17, 15) is 14.3 Å². The van der Waals surface area contributed by atoms with Crippen molar-refractivity contribution in [3.8, 4) is 0 Å². The first-order valence-corrected chi connectivity index (χ1v) is 3.91. The summed E-state index contributed by atoms with van der Waals surface area (Å²) in [5, 5.41) is 17.7. The van der Waals surface area contributed by atoms with Crippen LogP contribution in [0.4, 0.5) is 4.39 Å². The lowest BCUT2D eigenvalue weighted by molar-refractivity contribution is -0.155. The lowest BCUT2D eigenvalue weighted by Crippen LogP contribution is -2.42. The number of rotatable bonds is 3. The molecule has 0 amide bonds. The Bertz CT molecular complexity index is 203. The van der Waals surface area contributed by atoms with Crippen LogP contribution in [0.1, 0.15) is 26.7 Å². The average molecular weight is 176 g/mol. The van der Waals surface area contributed by atoms with Crippen molar-refractivity contribution in [1.82, 2.24) is 0 Å². The van der Waals surface area contributed by atoms with Gasteiger partial charge in [0.05, 0.1) is 0 Å². The van der Waals surface area contributed by atoms with E-state index in [1.54, 1.807) is 0 Å². The molecule has 12 heavy (non-hydrogen) atoms. The molecule has 1 saturated carbocycles. The molecule has 3 nitrogen and oxygen atoms in total. The number of aliphatic carboxylic acids is 1. The highest BCUT2D eigenvalue weighted by atomic mass is 19.1. The van der Waals surface area contributed by atoms with E-state index in [0.717, 1.165) is 0 Å². The van der Waals surface area contributed by atoms with Crippen LogP contribution < -0.4 is 0 Å². The average Bonchev–Trinajstić information content (AvgIpc) is 2.62. The van der Waals surface area contributed by atoms with Crippen LogP contribution in [-0.2, 0) is 4.79 Å². The van der Waals surface area contributed by atoms with Crippen molar-refractivity contribution >= 4 is 5.97 Å². The maximum absolute atomic E-state index is 13.4. The Morgan fingerprint density at radius 1 is 1.58 bits per heavy atom. The number of aliphatic hydroxyl groups is 1. The van der Waals surface area contributed by atoms with E-state index >= 15 is 0 Å². The highest BCUT2D eigenvalue weighted by Crippen LogP contribution is 2.58. The van der Waals surface area contributed by atoms with Crippen LogP contribution in [0, 0.1) is 5.41 Å². The fourth-order valence-corrected chi connectivity index (χ4v) is 1.56. The Balaban J connectivity index is 2.80. The molecule has 0 aromatic heterocycles. The third-order valence-electron chi connectivity index (χ3n) is 2.73. The first-order valence-electron chi connectivity index (χ1n) is 3.91. The molecule has 1 atom stereocenters. The fraction of sp³-hybridized carbons (Fsp3) is 0.875. The molecule has 0 aromatic rings. The molecule has 1 unspecified atom stereocenters. The van der Waals surface area contributed by atoms with Crippen LogP contribution in [0.2, 0.25) is 0 Å². The minimum atomic E-state index is -1.62. The number of alkyl halides is 1. The van der Waals surface area contributed by atoms with Crippen LogP contribution in [0.3, 0.4) is 0 Å². The molecule has 0 bridgehead atoms. The molecular weight excluding hydrogens is 163 g/mol. The normalized spacial score (nSPS) is 23.3. The number of carbonyl (C=O) groups is 1. The van der Waals surface area contributed by atoms with Gasteiger partial charge in [0.1, 0.15) is 5.67 Å². The molecular formula is C8H13FO3. The Kier molecular flexibility index (Phi) is 1.91. The summed E-state index contributed by atoms with van der Waals surface area (Å²) in [7, 11) is 0. The van der Waals surface area contributed by atoms with E-state index in [2.05, 4.69) is 0 Å². The molecule has 70 valence electrons. The van der Waals surface area contributed by atoms with Crippen molar-refractivity contribution < 1.29 is 19.4 Å². The number of carboxylic acids is 1. The second kappa shape index (κ2) is 2.42. The summed E-state index contributed by atoms with van der Waals surface area (Å²) in [6.45, 7) is 2.62. The second-order valence-corrected chi connectivity index (χ2v) is 3.87. The molecule has 1 rings (SSSR count). The van der Waals surface area contributed by atoms with Gasteiger partial charge in [-0.25, -0.2) is 9.18 Å². The lowest BCUT2D eigenvalue weighted by Gasteiger charge is -2.28. The quantitative estimate of drug-likeness (QED) is 0.673. The first kappa shape index (κ1) is 9.45. The minimum Gasteiger partial charge on any atom is -0.479 e. The minimum absolute atomic E-state index is 0.448. The SMILES string of the molecule is CC(C)(F)C1(C(O)C(=O)O)CC1. The van der Waals surface area contributed by atoms with Crippen molar-refractivity contribution in [2.24, 2.45) is 5.41 Å². The van der Waals surface area contributed by atoms with Gasteiger partial charge in [-0.3, -0.25) is 0 Å². The zero-order chi connectivity index (χ0) is 9.57. The third-order valence-corrected chi connectivity index (χ3v) is 2.73. The van der Waals surface area contributed by atoms with Crippen LogP contribution in [-0.4, -0.2) is 28.0 Å². The van der Waals surface area contributed by atoms with E-state index in [1.807, 2.05) is 0 Å². The van der Waals surface area contributed by atoms with E-state index < -0.39 is 23.2 Å². The maximum Gasteiger partial charge on any atom is 0.333 e. The first-order chi connectivity index (χ1) is 5.31. The van der Waals surface area contributed by atoms with Gasteiger partial charge in [0.2, 0.25) is 0 Å². The van der Waals surface area contributed by atoms with Crippen LogP contribution >= 0.6 is 0 Å². The van der Waals surface area contributed by atoms with Crippen molar-refractivity contribution in [2.75, 3.05) is 0 Å². The summed E-state index contributed by atoms with van der Waals surface area (Å²) >= 11 is 0. The maximum atomic E-state index is 13.4. The molecule has 0 spiro atoms. The molecule has 0 heterocycles. The van der Waals surface area contributed by atoms with Crippen LogP contribution in [0.5, 0.6) is 0 Å². The topological polar surface area (TPSA) is 57.5 Å². The molecule has 1 fully saturated rings. The zero-order valence-corrected chi connectivity index (χ0v) is 7.17. The van der Waals surface area contributed by atoms with Gasteiger partial charge in [-0.15, -0.1) is 0 Å². The fourth-order valence-electron chi connectivity index (χ4n) is 1.56. The van der Waals surface area contributed by atoms with Gasteiger partial charge in [-0.05, 0) is 26.7 Å². The molecule has 0 saturated heterocycles. The Hall–Kier alpha value is -0.640. The Morgan fingerprint density at radius 3 is 2.08 bits per heavy atom. The van der Waals surface area contributed by atoms with Crippen molar-refractivity contribution in [2.45, 2.75) is 38.5 Å². The van der Waals surface area contributed by atoms with Gasteiger partial charge in [-0.1, -0.05) is 0 Å². The molecule has 1 aliphatic carbocycles. The zero-order valence-electron chi connectivity index (χ0n) is 7.17. The summed E-state index contributed by atoms with van der Waals surface area (Å²) in [4.78, 5) is 10.4. The molecule has 0 aliphatic heterocycles. The van der Waals surface area contributed by atoms with Crippen LogP contribution in [0.25, 0.3) is 0 Å². The molecule has 2 N–H and O–H groups in total. The summed E-state index contributed by atoms with van der Waals surface area (Å²) in [6, 6.07) is 0. The summed E-state index contributed by atoms with van der Waals surface area (Å²) in [5.74, 6) is -1.33. The molecule has 0 radical (unpaired) electrons. The molecule has 1 aliphatic rings. The number of aliphatic hydroxyl groups excluding tert-OH is 1. The van der Waals surface area contributed by atoms with E-state index in [-0.39, 0.29) is 0 Å². The summed E-state index contributed by atoms with van der Waals surface area (Å²) < 4.78 is 13.4. The van der Waals surface area contributed by atoms with Gasteiger partial charge >= 0.3 is 5.97 Å². The van der Waals surface area contributed by atoms with Gasteiger partial charge in [-0.2, -0.15) is 0 Å². The third kappa shape index (κ3) is 1.20. The second-order valence-electron chi connectivity index (χ2n) is 3.87. The summed E-state index contributed by atoms with van der Waals surface area (Å²) in [5.41, 5.74) is -2.66. The predicted molar refractivity (Wildman–Crippen MR) is 40.5 cm³/mol. The number of hydrogen-bond donors (Lipinski definition) is 2. The monoisotopic (exact) mass is 176 g/mol. The van der Waals surface area contributed by atoms with E-state index in [0.29, 0.717) is 12.8 Å². The number of carboxylic acid groups (broad SMARTS) is 1. The highest BCUT2D eigenvalue weighted by molar-refractivity contribution is 5.74. The Morgan fingerprint density at radius 2 is 2.00 bits per heavy atom. The van der Waals surface area contributed by atoms with E-state index in [4.69, 9.17) is 5.11 Å². The van der Waals surface area contributed by atoms with Crippen LogP contribution in [0.15, 0.2) is 0 Å².